The van der Waals surface area contributed by atoms with E-state index >= 15 is 0 Å². The summed E-state index contributed by atoms with van der Waals surface area (Å²) in [6.07, 6.45) is 3.47. The molecule has 17 heavy (non-hydrogen) atoms. The molecule has 1 fully saturated rings. The van der Waals surface area contributed by atoms with Crippen molar-refractivity contribution in [2.24, 2.45) is 0 Å². The average molecular weight is 227 g/mol. The number of rotatable bonds is 2. The van der Waals surface area contributed by atoms with E-state index in [2.05, 4.69) is 34.3 Å². The first-order valence-electron chi connectivity index (χ1n) is 6.28. The van der Waals surface area contributed by atoms with Gasteiger partial charge in [0, 0.05) is 23.5 Å². The molecule has 0 aliphatic carbocycles. The highest BCUT2D eigenvalue weighted by atomic mass is 15.0. The van der Waals surface area contributed by atoms with Crippen LogP contribution in [0.15, 0.2) is 24.3 Å². The van der Waals surface area contributed by atoms with Gasteiger partial charge in [-0.3, -0.25) is 0 Å². The number of para-hydroxylation sites is 1. The number of nitrogens with one attached hydrogen (secondary N) is 1. The molecule has 1 aliphatic rings. The summed E-state index contributed by atoms with van der Waals surface area (Å²) in [7, 11) is 0. The van der Waals surface area contributed by atoms with Gasteiger partial charge in [-0.1, -0.05) is 18.2 Å². The summed E-state index contributed by atoms with van der Waals surface area (Å²) in [6.45, 7) is 3.20. The largest absolute Gasteiger partial charge is 0.314 e. The van der Waals surface area contributed by atoms with Crippen LogP contribution in [0.25, 0.3) is 10.9 Å². The van der Waals surface area contributed by atoms with Crippen molar-refractivity contribution in [2.45, 2.75) is 32.2 Å². The van der Waals surface area contributed by atoms with Crippen LogP contribution < -0.4 is 5.32 Å². The molecule has 1 N–H and O–H groups in total. The minimum absolute atomic E-state index is 0.565. The molecule has 1 saturated heterocycles. The van der Waals surface area contributed by atoms with Gasteiger partial charge in [-0.05, 0) is 32.4 Å². The summed E-state index contributed by atoms with van der Waals surface area (Å²) in [4.78, 5) is 9.26. The molecular formula is C14H17N3. The molecule has 1 unspecified atom stereocenters. The maximum Gasteiger partial charge on any atom is 0.130 e. The normalized spacial score (nSPS) is 19.9. The van der Waals surface area contributed by atoms with Crippen molar-refractivity contribution >= 4 is 10.9 Å². The van der Waals surface area contributed by atoms with Crippen molar-refractivity contribution in [3.63, 3.8) is 0 Å². The van der Waals surface area contributed by atoms with Crippen LogP contribution in [-0.2, 0) is 6.42 Å². The van der Waals surface area contributed by atoms with Crippen molar-refractivity contribution < 1.29 is 0 Å². The Kier molecular flexibility index (Phi) is 2.77. The molecule has 1 atom stereocenters. The van der Waals surface area contributed by atoms with Gasteiger partial charge in [0.1, 0.15) is 5.82 Å². The smallest absolute Gasteiger partial charge is 0.130 e. The van der Waals surface area contributed by atoms with E-state index in [0.717, 1.165) is 35.4 Å². The standard InChI is InChI=1S/C14H17N3/c1-10-12-6-2-3-7-13(12)17-14(16-10)9-11-5-4-8-15-11/h2-3,6-7,11,15H,4-5,8-9H2,1H3. The fraction of sp³-hybridized carbons (Fsp3) is 0.429. The molecule has 0 saturated carbocycles. The lowest BCUT2D eigenvalue weighted by molar-refractivity contribution is 0.586. The van der Waals surface area contributed by atoms with Crippen LogP contribution in [-0.4, -0.2) is 22.6 Å². The second-order valence-corrected chi connectivity index (χ2v) is 4.74. The minimum atomic E-state index is 0.565. The van der Waals surface area contributed by atoms with Crippen LogP contribution >= 0.6 is 0 Å². The minimum Gasteiger partial charge on any atom is -0.314 e. The lowest BCUT2D eigenvalue weighted by Crippen LogP contribution is -2.24. The van der Waals surface area contributed by atoms with E-state index in [-0.39, 0.29) is 0 Å². The van der Waals surface area contributed by atoms with Gasteiger partial charge in [-0.2, -0.15) is 0 Å². The summed E-state index contributed by atoms with van der Waals surface area (Å²) in [5.41, 5.74) is 2.15. The van der Waals surface area contributed by atoms with Crippen molar-refractivity contribution in [1.82, 2.24) is 15.3 Å². The van der Waals surface area contributed by atoms with E-state index in [1.54, 1.807) is 0 Å². The SMILES string of the molecule is Cc1nc(CC2CCCN2)nc2ccccc12. The predicted molar refractivity (Wildman–Crippen MR) is 69.0 cm³/mol. The molecule has 0 bridgehead atoms. The average Bonchev–Trinajstić information content (AvgIpc) is 2.82. The highest BCUT2D eigenvalue weighted by Crippen LogP contribution is 2.16. The van der Waals surface area contributed by atoms with Crippen molar-refractivity contribution in [2.75, 3.05) is 6.54 Å². The number of aryl methyl sites for hydroxylation is 1. The zero-order valence-corrected chi connectivity index (χ0v) is 10.1. The van der Waals surface area contributed by atoms with Crippen molar-refractivity contribution in [3.05, 3.63) is 35.8 Å². The third-order valence-electron chi connectivity index (χ3n) is 3.43. The van der Waals surface area contributed by atoms with E-state index in [0.29, 0.717) is 6.04 Å². The van der Waals surface area contributed by atoms with Crippen molar-refractivity contribution in [3.8, 4) is 0 Å². The second-order valence-electron chi connectivity index (χ2n) is 4.74. The lowest BCUT2D eigenvalue weighted by Gasteiger charge is -2.10. The zero-order chi connectivity index (χ0) is 11.7. The maximum absolute atomic E-state index is 4.65. The predicted octanol–water partition coefficient (Wildman–Crippen LogP) is 2.23. The molecule has 1 aromatic carbocycles. The summed E-state index contributed by atoms with van der Waals surface area (Å²) in [6, 6.07) is 8.79. The topological polar surface area (TPSA) is 37.8 Å². The van der Waals surface area contributed by atoms with Crippen molar-refractivity contribution in [1.29, 1.82) is 0 Å². The van der Waals surface area contributed by atoms with Gasteiger partial charge in [-0.15, -0.1) is 0 Å². The molecule has 3 rings (SSSR count). The first kappa shape index (κ1) is 10.7. The Morgan fingerprint density at radius 1 is 1.29 bits per heavy atom. The Bertz CT molecular complexity index is 530. The molecule has 3 heteroatoms. The fourth-order valence-electron chi connectivity index (χ4n) is 2.54. The lowest BCUT2D eigenvalue weighted by atomic mass is 10.1. The van der Waals surface area contributed by atoms with E-state index in [4.69, 9.17) is 0 Å². The fourth-order valence-corrected chi connectivity index (χ4v) is 2.54. The van der Waals surface area contributed by atoms with Gasteiger partial charge in [-0.25, -0.2) is 9.97 Å². The Balaban J connectivity index is 1.94. The number of aromatic nitrogens is 2. The summed E-state index contributed by atoms with van der Waals surface area (Å²) >= 11 is 0. The number of hydrogen-bond donors (Lipinski definition) is 1. The molecule has 0 radical (unpaired) electrons. The maximum atomic E-state index is 4.65. The van der Waals surface area contributed by atoms with Gasteiger partial charge in [0.2, 0.25) is 0 Å². The van der Waals surface area contributed by atoms with Crippen LogP contribution in [0.3, 0.4) is 0 Å². The third kappa shape index (κ3) is 2.15. The Morgan fingerprint density at radius 2 is 2.18 bits per heavy atom. The molecule has 1 aromatic heterocycles. The molecule has 2 aromatic rings. The van der Waals surface area contributed by atoms with Crippen LogP contribution in [0.4, 0.5) is 0 Å². The summed E-state index contributed by atoms with van der Waals surface area (Å²) in [5.74, 6) is 0.973. The highest BCUT2D eigenvalue weighted by Gasteiger charge is 2.16. The van der Waals surface area contributed by atoms with E-state index in [1.807, 2.05) is 12.1 Å². The monoisotopic (exact) mass is 227 g/mol. The number of nitrogens with zero attached hydrogens (tertiary/aromatic N) is 2. The van der Waals surface area contributed by atoms with Gasteiger partial charge in [0.15, 0.2) is 0 Å². The molecule has 3 nitrogen and oxygen atoms in total. The molecule has 2 heterocycles. The second kappa shape index (κ2) is 4.41. The quantitative estimate of drug-likeness (QED) is 0.855. The van der Waals surface area contributed by atoms with E-state index in [1.165, 1.54) is 12.8 Å². The van der Waals surface area contributed by atoms with Crippen LogP contribution in [0, 0.1) is 6.92 Å². The van der Waals surface area contributed by atoms with Gasteiger partial charge in [0.05, 0.1) is 5.52 Å². The third-order valence-corrected chi connectivity index (χ3v) is 3.43. The van der Waals surface area contributed by atoms with E-state index < -0.39 is 0 Å². The first-order chi connectivity index (χ1) is 8.33. The van der Waals surface area contributed by atoms with Crippen LogP contribution in [0.5, 0.6) is 0 Å². The Hall–Kier alpha value is -1.48. The molecule has 0 amide bonds. The molecule has 1 aliphatic heterocycles. The number of benzene rings is 1. The van der Waals surface area contributed by atoms with E-state index in [9.17, 15) is 0 Å². The number of hydrogen-bond acceptors (Lipinski definition) is 3. The Labute approximate surface area is 101 Å². The molecular weight excluding hydrogens is 210 g/mol. The highest BCUT2D eigenvalue weighted by molar-refractivity contribution is 5.80. The summed E-state index contributed by atoms with van der Waals surface area (Å²) < 4.78 is 0. The first-order valence-corrected chi connectivity index (χ1v) is 6.28. The zero-order valence-electron chi connectivity index (χ0n) is 10.1. The van der Waals surface area contributed by atoms with Gasteiger partial charge in [0.25, 0.3) is 0 Å². The number of fused-ring (bicyclic) bond motifs is 1. The van der Waals surface area contributed by atoms with Gasteiger partial charge >= 0.3 is 0 Å². The van der Waals surface area contributed by atoms with Crippen LogP contribution in [0.2, 0.25) is 0 Å². The molecule has 0 spiro atoms. The molecule has 88 valence electrons. The Morgan fingerprint density at radius 3 is 3.00 bits per heavy atom. The summed E-state index contributed by atoms with van der Waals surface area (Å²) in [5, 5.41) is 4.66. The van der Waals surface area contributed by atoms with Gasteiger partial charge < -0.3 is 5.32 Å². The van der Waals surface area contributed by atoms with Crippen LogP contribution in [0.1, 0.15) is 24.4 Å².